The van der Waals surface area contributed by atoms with E-state index in [-0.39, 0.29) is 11.5 Å². The molecule has 1 heterocycles. The molecule has 1 aliphatic heterocycles. The van der Waals surface area contributed by atoms with Crippen LogP contribution in [0, 0.1) is 11.8 Å². The predicted octanol–water partition coefficient (Wildman–Crippen LogP) is 3.01. The molecular weight excluding hydrogens is 290 g/mol. The lowest BCUT2D eigenvalue weighted by Crippen LogP contribution is -2.38. The van der Waals surface area contributed by atoms with Gasteiger partial charge in [-0.25, -0.2) is 4.79 Å². The smallest absolute Gasteiger partial charge is 0.343 e. The molecule has 23 heavy (non-hydrogen) atoms. The molecule has 0 radical (unpaired) electrons. The van der Waals surface area contributed by atoms with Crippen molar-refractivity contribution in [1.82, 2.24) is 4.90 Å². The Hall–Kier alpha value is -2.28. The summed E-state index contributed by atoms with van der Waals surface area (Å²) in [6, 6.07) is 0. The van der Waals surface area contributed by atoms with E-state index in [1.165, 1.54) is 7.11 Å². The van der Waals surface area contributed by atoms with E-state index < -0.39 is 5.97 Å². The van der Waals surface area contributed by atoms with Crippen molar-refractivity contribution < 1.29 is 14.3 Å². The summed E-state index contributed by atoms with van der Waals surface area (Å²) in [5.41, 5.74) is 1.17. The average Bonchev–Trinajstić information content (AvgIpc) is 2.57. The van der Waals surface area contributed by atoms with E-state index in [4.69, 9.17) is 0 Å². The Kier molecular flexibility index (Phi) is 8.52. The van der Waals surface area contributed by atoms with Crippen LogP contribution in [0.25, 0.3) is 0 Å². The molecule has 1 rings (SSSR count). The van der Waals surface area contributed by atoms with E-state index in [0.717, 1.165) is 37.7 Å². The van der Waals surface area contributed by atoms with Crippen LogP contribution in [0.2, 0.25) is 0 Å². The molecule has 0 atom stereocenters. The van der Waals surface area contributed by atoms with Crippen LogP contribution in [0.4, 0.5) is 0 Å². The second kappa shape index (κ2) is 10.4. The fourth-order valence-electron chi connectivity index (χ4n) is 2.24. The van der Waals surface area contributed by atoms with Gasteiger partial charge in [-0.3, -0.25) is 4.79 Å². The quantitative estimate of drug-likeness (QED) is 0.227. The van der Waals surface area contributed by atoms with E-state index in [9.17, 15) is 9.59 Å². The third-order valence-electron chi connectivity index (χ3n) is 3.64. The average molecular weight is 315 g/mol. The Labute approximate surface area is 138 Å². The van der Waals surface area contributed by atoms with E-state index in [0.29, 0.717) is 19.5 Å². The van der Waals surface area contributed by atoms with Gasteiger partial charge in [0.25, 0.3) is 5.91 Å². The van der Waals surface area contributed by atoms with Crippen molar-refractivity contribution in [3.05, 3.63) is 36.5 Å². The molecule has 0 bridgehead atoms. The molecule has 1 aliphatic rings. The fraction of sp³-hybridized carbons (Fsp3) is 0.474. The first-order chi connectivity index (χ1) is 11.1. The summed E-state index contributed by atoms with van der Waals surface area (Å²) in [5.74, 6) is 5.48. The van der Waals surface area contributed by atoms with Gasteiger partial charge in [-0.2, -0.15) is 0 Å². The van der Waals surface area contributed by atoms with Crippen molar-refractivity contribution in [2.24, 2.45) is 0 Å². The molecule has 1 amide bonds. The molecule has 4 nitrogen and oxygen atoms in total. The van der Waals surface area contributed by atoms with Gasteiger partial charge in [-0.15, -0.1) is 11.8 Å². The fourth-order valence-corrected chi connectivity index (χ4v) is 2.24. The SMILES string of the molecule is C=CC(=C)CCC#CCCCCN1CCC=C(C(=O)OC)C1=O. The lowest BCUT2D eigenvalue weighted by Gasteiger charge is -2.26. The molecule has 0 saturated carbocycles. The largest absolute Gasteiger partial charge is 0.465 e. The van der Waals surface area contributed by atoms with Crippen LogP contribution < -0.4 is 0 Å². The second-order valence-electron chi connectivity index (χ2n) is 5.36. The summed E-state index contributed by atoms with van der Waals surface area (Å²) >= 11 is 0. The maximum Gasteiger partial charge on any atom is 0.343 e. The van der Waals surface area contributed by atoms with Crippen LogP contribution in [0.1, 0.15) is 38.5 Å². The van der Waals surface area contributed by atoms with E-state index in [1.807, 2.05) is 0 Å². The molecule has 0 aliphatic carbocycles. The number of amides is 1. The second-order valence-corrected chi connectivity index (χ2v) is 5.36. The maximum atomic E-state index is 12.1. The zero-order valence-corrected chi connectivity index (χ0v) is 13.9. The van der Waals surface area contributed by atoms with Gasteiger partial charge in [0.05, 0.1) is 7.11 Å². The zero-order valence-electron chi connectivity index (χ0n) is 13.9. The van der Waals surface area contributed by atoms with Crippen molar-refractivity contribution >= 4 is 11.9 Å². The standard InChI is InChI=1S/C19H25NO3/c1-4-16(2)12-9-7-5-6-8-10-14-20-15-11-13-17(18(20)21)19(22)23-3/h4,13H,1-2,6,8-12,14-15H2,3H3. The van der Waals surface area contributed by atoms with Crippen LogP contribution >= 0.6 is 0 Å². The molecule has 124 valence electrons. The number of carbonyl (C=O) groups excluding carboxylic acids is 2. The zero-order chi connectivity index (χ0) is 17.1. The molecule has 0 N–H and O–H groups in total. The molecule has 0 aromatic heterocycles. The number of rotatable bonds is 8. The number of hydrogen-bond acceptors (Lipinski definition) is 3. The van der Waals surface area contributed by atoms with Gasteiger partial charge in [0.15, 0.2) is 0 Å². The van der Waals surface area contributed by atoms with Crippen molar-refractivity contribution in [2.45, 2.75) is 38.5 Å². The third-order valence-corrected chi connectivity index (χ3v) is 3.64. The topological polar surface area (TPSA) is 46.6 Å². The van der Waals surface area contributed by atoms with Crippen LogP contribution in [-0.2, 0) is 14.3 Å². The number of nitrogens with zero attached hydrogens (tertiary/aromatic N) is 1. The lowest BCUT2D eigenvalue weighted by molar-refractivity contribution is -0.140. The van der Waals surface area contributed by atoms with Gasteiger partial charge in [-0.05, 0) is 25.7 Å². The first kappa shape index (κ1) is 18.8. The van der Waals surface area contributed by atoms with Crippen molar-refractivity contribution in [2.75, 3.05) is 20.2 Å². The van der Waals surface area contributed by atoms with Gasteiger partial charge in [-0.1, -0.05) is 30.9 Å². The first-order valence-corrected chi connectivity index (χ1v) is 7.93. The lowest BCUT2D eigenvalue weighted by atomic mass is 10.1. The van der Waals surface area contributed by atoms with Gasteiger partial charge >= 0.3 is 5.97 Å². The Morgan fingerprint density at radius 1 is 1.39 bits per heavy atom. The summed E-state index contributed by atoms with van der Waals surface area (Å²) < 4.78 is 4.63. The number of allylic oxidation sites excluding steroid dienone is 2. The Morgan fingerprint density at radius 2 is 2.13 bits per heavy atom. The van der Waals surface area contributed by atoms with Gasteiger partial charge in [0.2, 0.25) is 0 Å². The maximum absolute atomic E-state index is 12.1. The van der Waals surface area contributed by atoms with Crippen LogP contribution in [0.5, 0.6) is 0 Å². The predicted molar refractivity (Wildman–Crippen MR) is 91.5 cm³/mol. The van der Waals surface area contributed by atoms with Gasteiger partial charge < -0.3 is 9.64 Å². The van der Waals surface area contributed by atoms with Crippen molar-refractivity contribution in [1.29, 1.82) is 0 Å². The van der Waals surface area contributed by atoms with Gasteiger partial charge in [0, 0.05) is 25.9 Å². The van der Waals surface area contributed by atoms with Crippen molar-refractivity contribution in [3.63, 3.8) is 0 Å². The van der Waals surface area contributed by atoms with E-state index >= 15 is 0 Å². The molecule has 4 heteroatoms. The normalized spacial score (nSPS) is 13.7. The minimum Gasteiger partial charge on any atom is -0.465 e. The molecule has 0 aromatic carbocycles. The van der Waals surface area contributed by atoms with E-state index in [1.54, 1.807) is 17.1 Å². The number of hydrogen-bond donors (Lipinski definition) is 0. The summed E-state index contributed by atoms with van der Waals surface area (Å²) in [5, 5.41) is 0. The highest BCUT2D eigenvalue weighted by atomic mass is 16.5. The molecule has 0 saturated heterocycles. The third kappa shape index (κ3) is 6.56. The molecule has 0 spiro atoms. The highest BCUT2D eigenvalue weighted by Gasteiger charge is 2.26. The van der Waals surface area contributed by atoms with Crippen LogP contribution in [0.3, 0.4) is 0 Å². The number of carbonyl (C=O) groups is 2. The number of esters is 1. The Bertz CT molecular complexity index is 549. The number of unbranched alkanes of at least 4 members (excludes halogenated alkanes) is 2. The summed E-state index contributed by atoms with van der Waals surface area (Å²) in [7, 11) is 1.29. The number of ether oxygens (including phenoxy) is 1. The summed E-state index contributed by atoms with van der Waals surface area (Å²) in [4.78, 5) is 25.4. The number of methoxy groups -OCH3 is 1. The Morgan fingerprint density at radius 3 is 2.83 bits per heavy atom. The molecular formula is C19H25NO3. The molecule has 0 unspecified atom stereocenters. The minimum absolute atomic E-state index is 0.154. The summed E-state index contributed by atoms with van der Waals surface area (Å²) in [6.45, 7) is 8.82. The van der Waals surface area contributed by atoms with Gasteiger partial charge in [0.1, 0.15) is 5.57 Å². The molecule has 0 fully saturated rings. The Balaban J connectivity index is 2.24. The van der Waals surface area contributed by atoms with E-state index in [2.05, 4.69) is 29.7 Å². The van der Waals surface area contributed by atoms with Crippen molar-refractivity contribution in [3.8, 4) is 11.8 Å². The highest BCUT2D eigenvalue weighted by Crippen LogP contribution is 2.14. The monoisotopic (exact) mass is 315 g/mol. The first-order valence-electron chi connectivity index (χ1n) is 7.93. The molecule has 0 aromatic rings. The van der Waals surface area contributed by atoms with Crippen LogP contribution in [0.15, 0.2) is 36.5 Å². The minimum atomic E-state index is -0.549. The van der Waals surface area contributed by atoms with Crippen LogP contribution in [-0.4, -0.2) is 37.0 Å². The highest BCUT2D eigenvalue weighted by molar-refractivity contribution is 6.16. The summed E-state index contributed by atoms with van der Waals surface area (Å²) in [6.07, 6.45) is 8.43.